The maximum absolute atomic E-state index is 12.8. The van der Waals surface area contributed by atoms with Crippen molar-refractivity contribution in [1.82, 2.24) is 5.32 Å². The summed E-state index contributed by atoms with van der Waals surface area (Å²) in [6.45, 7) is 2.53. The lowest BCUT2D eigenvalue weighted by Gasteiger charge is -2.09. The van der Waals surface area contributed by atoms with Crippen LogP contribution >= 0.6 is 0 Å². The molecular weight excluding hydrogens is 179 g/mol. The fourth-order valence-electron chi connectivity index (χ4n) is 1.15. The Morgan fingerprint density at radius 3 is 3.00 bits per heavy atom. The predicted octanol–water partition coefficient (Wildman–Crippen LogP) is 2.22. The summed E-state index contributed by atoms with van der Waals surface area (Å²) in [5.74, 6) is -0.225. The van der Waals surface area contributed by atoms with E-state index in [4.69, 9.17) is 5.26 Å². The number of hydrogen-bond donors (Lipinski definition) is 1. The molecule has 3 heteroatoms. The van der Waals surface area contributed by atoms with Gasteiger partial charge in [0.05, 0.1) is 12.5 Å². The van der Waals surface area contributed by atoms with Crippen molar-refractivity contribution in [3.05, 3.63) is 35.6 Å². The molecule has 1 aromatic carbocycles. The Morgan fingerprint density at radius 2 is 2.36 bits per heavy atom. The van der Waals surface area contributed by atoms with Gasteiger partial charge in [-0.3, -0.25) is 0 Å². The van der Waals surface area contributed by atoms with Gasteiger partial charge in [0.2, 0.25) is 0 Å². The van der Waals surface area contributed by atoms with Crippen LogP contribution in [0.1, 0.15) is 18.9 Å². The van der Waals surface area contributed by atoms with Crippen molar-refractivity contribution in [3.63, 3.8) is 0 Å². The van der Waals surface area contributed by atoms with Gasteiger partial charge in [-0.05, 0) is 24.6 Å². The molecule has 14 heavy (non-hydrogen) atoms. The lowest BCUT2D eigenvalue weighted by molar-refractivity contribution is 0.553. The van der Waals surface area contributed by atoms with Crippen LogP contribution in [-0.2, 0) is 6.54 Å². The molecular formula is C11H13FN2. The van der Waals surface area contributed by atoms with Crippen LogP contribution in [0.5, 0.6) is 0 Å². The lowest BCUT2D eigenvalue weighted by Crippen LogP contribution is -2.24. The molecule has 0 aliphatic carbocycles. The number of nitrogens with zero attached hydrogens (tertiary/aromatic N) is 1. The summed E-state index contributed by atoms with van der Waals surface area (Å²) in [6.07, 6.45) is 0.468. The van der Waals surface area contributed by atoms with E-state index in [1.807, 2.05) is 13.0 Å². The molecule has 0 aromatic heterocycles. The van der Waals surface area contributed by atoms with Crippen LogP contribution in [0.2, 0.25) is 0 Å². The molecule has 0 spiro atoms. The summed E-state index contributed by atoms with van der Waals surface area (Å²) in [5, 5.41) is 11.6. The third-order valence-electron chi connectivity index (χ3n) is 1.94. The van der Waals surface area contributed by atoms with E-state index < -0.39 is 0 Å². The van der Waals surface area contributed by atoms with Crippen LogP contribution in [0.3, 0.4) is 0 Å². The van der Waals surface area contributed by atoms with Crippen LogP contribution in [-0.4, -0.2) is 6.04 Å². The molecule has 0 radical (unpaired) electrons. The van der Waals surface area contributed by atoms with Crippen molar-refractivity contribution in [2.45, 2.75) is 25.9 Å². The van der Waals surface area contributed by atoms with Crippen LogP contribution in [0, 0.1) is 17.1 Å². The van der Waals surface area contributed by atoms with E-state index in [-0.39, 0.29) is 11.9 Å². The Balaban J connectivity index is 2.42. The van der Waals surface area contributed by atoms with E-state index in [1.54, 1.807) is 6.07 Å². The van der Waals surface area contributed by atoms with Gasteiger partial charge in [0.15, 0.2) is 0 Å². The first-order chi connectivity index (χ1) is 6.72. The summed E-state index contributed by atoms with van der Waals surface area (Å²) in [5.41, 5.74) is 0.898. The zero-order chi connectivity index (χ0) is 10.4. The minimum atomic E-state index is -0.225. The summed E-state index contributed by atoms with van der Waals surface area (Å²) >= 11 is 0. The van der Waals surface area contributed by atoms with Crippen molar-refractivity contribution >= 4 is 0 Å². The first-order valence-corrected chi connectivity index (χ1v) is 4.57. The normalized spacial score (nSPS) is 12.1. The average molecular weight is 192 g/mol. The van der Waals surface area contributed by atoms with Crippen molar-refractivity contribution in [1.29, 1.82) is 5.26 Å². The first kappa shape index (κ1) is 10.7. The van der Waals surface area contributed by atoms with Crippen molar-refractivity contribution in [2.24, 2.45) is 0 Å². The molecule has 0 amide bonds. The third kappa shape index (κ3) is 3.55. The summed E-state index contributed by atoms with van der Waals surface area (Å²) in [4.78, 5) is 0. The molecule has 0 aliphatic rings. The Morgan fingerprint density at radius 1 is 1.57 bits per heavy atom. The van der Waals surface area contributed by atoms with Gasteiger partial charge in [-0.1, -0.05) is 12.1 Å². The van der Waals surface area contributed by atoms with Crippen molar-refractivity contribution < 1.29 is 4.39 Å². The quantitative estimate of drug-likeness (QED) is 0.794. The number of nitriles is 1. The SMILES string of the molecule is C[C@@H](CC#N)NCc1cccc(F)c1. The van der Waals surface area contributed by atoms with Gasteiger partial charge in [-0.15, -0.1) is 0 Å². The zero-order valence-corrected chi connectivity index (χ0v) is 8.13. The standard InChI is InChI=1S/C11H13FN2/c1-9(5-6-13)14-8-10-3-2-4-11(12)7-10/h2-4,7,9,14H,5,8H2,1H3/t9-/m0/s1. The van der Waals surface area contributed by atoms with Gasteiger partial charge in [-0.2, -0.15) is 5.26 Å². The van der Waals surface area contributed by atoms with Crippen LogP contribution in [0.25, 0.3) is 0 Å². The maximum Gasteiger partial charge on any atom is 0.123 e. The topological polar surface area (TPSA) is 35.8 Å². The molecule has 0 aliphatic heterocycles. The van der Waals surface area contributed by atoms with E-state index in [2.05, 4.69) is 11.4 Å². The number of hydrogen-bond acceptors (Lipinski definition) is 2. The Kier molecular flexibility index (Phi) is 4.09. The molecule has 1 N–H and O–H groups in total. The second-order valence-corrected chi connectivity index (χ2v) is 3.27. The smallest absolute Gasteiger partial charge is 0.123 e. The minimum Gasteiger partial charge on any atom is -0.309 e. The molecule has 0 heterocycles. The van der Waals surface area contributed by atoms with Gasteiger partial charge in [0, 0.05) is 12.6 Å². The Bertz CT molecular complexity index is 330. The van der Waals surface area contributed by atoms with E-state index in [0.717, 1.165) is 5.56 Å². The molecule has 1 atom stereocenters. The molecule has 0 bridgehead atoms. The van der Waals surface area contributed by atoms with Gasteiger partial charge in [0.1, 0.15) is 5.82 Å². The summed E-state index contributed by atoms with van der Waals surface area (Å²) in [7, 11) is 0. The van der Waals surface area contributed by atoms with Crippen molar-refractivity contribution in [3.8, 4) is 6.07 Å². The highest BCUT2D eigenvalue weighted by Gasteiger charge is 2.00. The van der Waals surface area contributed by atoms with E-state index in [1.165, 1.54) is 12.1 Å². The highest BCUT2D eigenvalue weighted by Crippen LogP contribution is 2.03. The van der Waals surface area contributed by atoms with Gasteiger partial charge in [0.25, 0.3) is 0 Å². The fraction of sp³-hybridized carbons (Fsp3) is 0.364. The van der Waals surface area contributed by atoms with E-state index in [9.17, 15) is 4.39 Å². The van der Waals surface area contributed by atoms with E-state index >= 15 is 0 Å². The van der Waals surface area contributed by atoms with Gasteiger partial charge < -0.3 is 5.32 Å². The summed E-state index contributed by atoms with van der Waals surface area (Å²) < 4.78 is 12.8. The fourth-order valence-corrected chi connectivity index (χ4v) is 1.15. The first-order valence-electron chi connectivity index (χ1n) is 4.57. The minimum absolute atomic E-state index is 0.142. The molecule has 2 nitrogen and oxygen atoms in total. The Labute approximate surface area is 83.4 Å². The second-order valence-electron chi connectivity index (χ2n) is 3.27. The van der Waals surface area contributed by atoms with Crippen LogP contribution in [0.4, 0.5) is 4.39 Å². The number of rotatable bonds is 4. The maximum atomic E-state index is 12.8. The van der Waals surface area contributed by atoms with Gasteiger partial charge >= 0.3 is 0 Å². The number of benzene rings is 1. The largest absolute Gasteiger partial charge is 0.309 e. The predicted molar refractivity (Wildman–Crippen MR) is 52.9 cm³/mol. The summed E-state index contributed by atoms with van der Waals surface area (Å²) in [6, 6.07) is 8.67. The van der Waals surface area contributed by atoms with Crippen molar-refractivity contribution in [2.75, 3.05) is 0 Å². The third-order valence-corrected chi connectivity index (χ3v) is 1.94. The van der Waals surface area contributed by atoms with Crippen LogP contribution < -0.4 is 5.32 Å². The molecule has 74 valence electrons. The number of halogens is 1. The molecule has 0 saturated heterocycles. The lowest BCUT2D eigenvalue weighted by atomic mass is 10.2. The zero-order valence-electron chi connectivity index (χ0n) is 8.13. The molecule has 0 unspecified atom stereocenters. The molecule has 0 fully saturated rings. The van der Waals surface area contributed by atoms with Crippen LogP contribution in [0.15, 0.2) is 24.3 Å². The Hall–Kier alpha value is -1.40. The average Bonchev–Trinajstić information content (AvgIpc) is 2.15. The second kappa shape index (κ2) is 5.36. The monoisotopic (exact) mass is 192 g/mol. The number of nitrogens with one attached hydrogen (secondary N) is 1. The molecule has 1 aromatic rings. The highest BCUT2D eigenvalue weighted by molar-refractivity contribution is 5.16. The highest BCUT2D eigenvalue weighted by atomic mass is 19.1. The molecule has 1 rings (SSSR count). The molecule has 0 saturated carbocycles. The van der Waals surface area contributed by atoms with E-state index in [0.29, 0.717) is 13.0 Å². The van der Waals surface area contributed by atoms with Gasteiger partial charge in [-0.25, -0.2) is 4.39 Å².